The molecule has 0 bridgehead atoms. The molecule has 1 aromatic rings. The maximum absolute atomic E-state index is 12.1. The summed E-state index contributed by atoms with van der Waals surface area (Å²) in [6.07, 6.45) is 0.376. The molecular weight excluding hydrogens is 296 g/mol. The van der Waals surface area contributed by atoms with E-state index in [1.807, 2.05) is 7.05 Å². The molecule has 2 atom stereocenters. The molecule has 2 rings (SSSR count). The van der Waals surface area contributed by atoms with Gasteiger partial charge in [-0.2, -0.15) is 0 Å². The fourth-order valence-electron chi connectivity index (χ4n) is 2.77. The van der Waals surface area contributed by atoms with Crippen LogP contribution in [0.25, 0.3) is 0 Å². The second kappa shape index (κ2) is 8.08. The van der Waals surface area contributed by atoms with Crippen molar-refractivity contribution in [3.8, 4) is 5.75 Å². The smallest absolute Gasteiger partial charge is 0.220 e. The van der Waals surface area contributed by atoms with Crippen molar-refractivity contribution in [3.63, 3.8) is 0 Å². The Hall–Kier alpha value is -1.92. The minimum atomic E-state index is -0.116. The van der Waals surface area contributed by atoms with E-state index in [0.717, 1.165) is 13.1 Å². The number of benzene rings is 1. The summed E-state index contributed by atoms with van der Waals surface area (Å²) in [7, 11) is 5.22. The van der Waals surface area contributed by atoms with Crippen molar-refractivity contribution in [2.24, 2.45) is 0 Å². The largest absolute Gasteiger partial charge is 0.497 e. The normalized spacial score (nSPS) is 21.2. The number of amides is 1. The van der Waals surface area contributed by atoms with Crippen LogP contribution in [0.15, 0.2) is 24.3 Å². The summed E-state index contributed by atoms with van der Waals surface area (Å²) in [6.45, 7) is 1.56. The number of hydrogen-bond donors (Lipinski definition) is 1. The van der Waals surface area contributed by atoms with E-state index in [-0.39, 0.29) is 36.7 Å². The first-order chi connectivity index (χ1) is 11.0. The number of nitrogens with zero attached hydrogens (tertiary/aromatic N) is 1. The molecule has 6 heteroatoms. The van der Waals surface area contributed by atoms with Gasteiger partial charge in [0.05, 0.1) is 19.3 Å². The Labute approximate surface area is 136 Å². The summed E-state index contributed by atoms with van der Waals surface area (Å²) in [5, 5.41) is 2.96. The molecule has 0 aromatic heterocycles. The summed E-state index contributed by atoms with van der Waals surface area (Å²) in [5.41, 5.74) is 0.592. The van der Waals surface area contributed by atoms with Gasteiger partial charge in [-0.1, -0.05) is 0 Å². The van der Waals surface area contributed by atoms with Gasteiger partial charge in [-0.3, -0.25) is 9.59 Å². The summed E-state index contributed by atoms with van der Waals surface area (Å²) in [5.74, 6) is 0.541. The standard InChI is InChI=1S/C17H24N2O4/c1-19-10-14(16(11-19)23-3)18-17(21)9-8-15(20)12-4-6-13(22-2)7-5-12/h4-7,14,16H,8-11H2,1-3H3,(H,18,21)/t14-,16-/m0/s1. The fraction of sp³-hybridized carbons (Fsp3) is 0.529. The Kier molecular flexibility index (Phi) is 6.12. The van der Waals surface area contributed by atoms with E-state index in [0.29, 0.717) is 11.3 Å². The van der Waals surface area contributed by atoms with Crippen molar-refractivity contribution in [1.82, 2.24) is 10.2 Å². The average molecular weight is 320 g/mol. The van der Waals surface area contributed by atoms with Gasteiger partial charge in [-0.25, -0.2) is 0 Å². The van der Waals surface area contributed by atoms with Gasteiger partial charge in [0.15, 0.2) is 5.78 Å². The molecule has 23 heavy (non-hydrogen) atoms. The van der Waals surface area contributed by atoms with Crippen molar-refractivity contribution in [2.75, 3.05) is 34.4 Å². The lowest BCUT2D eigenvalue weighted by molar-refractivity contribution is -0.122. The van der Waals surface area contributed by atoms with Gasteiger partial charge in [0.2, 0.25) is 5.91 Å². The maximum atomic E-state index is 12.1. The first kappa shape index (κ1) is 17.4. The molecule has 1 aromatic carbocycles. The number of Topliss-reactive ketones (excluding diaryl/α,β-unsaturated/α-hetero) is 1. The van der Waals surface area contributed by atoms with Gasteiger partial charge in [0.25, 0.3) is 0 Å². The quantitative estimate of drug-likeness (QED) is 0.762. The van der Waals surface area contributed by atoms with Crippen molar-refractivity contribution in [2.45, 2.75) is 25.0 Å². The minimum Gasteiger partial charge on any atom is -0.497 e. The van der Waals surface area contributed by atoms with Crippen LogP contribution in [-0.4, -0.2) is 63.1 Å². The molecule has 0 radical (unpaired) electrons. The molecule has 0 saturated carbocycles. The van der Waals surface area contributed by atoms with Crippen LogP contribution in [0.5, 0.6) is 5.75 Å². The predicted octanol–water partition coefficient (Wildman–Crippen LogP) is 1.10. The van der Waals surface area contributed by atoms with E-state index in [4.69, 9.17) is 9.47 Å². The Morgan fingerprint density at radius 1 is 1.17 bits per heavy atom. The molecule has 1 fully saturated rings. The van der Waals surface area contributed by atoms with Crippen LogP contribution in [0.3, 0.4) is 0 Å². The number of ketones is 1. The Balaban J connectivity index is 1.80. The van der Waals surface area contributed by atoms with Crippen LogP contribution in [-0.2, 0) is 9.53 Å². The molecule has 1 N–H and O–H groups in total. The molecule has 1 heterocycles. The summed E-state index contributed by atoms with van der Waals surface area (Å²) < 4.78 is 10.4. The lowest BCUT2D eigenvalue weighted by Gasteiger charge is -2.18. The first-order valence-electron chi connectivity index (χ1n) is 7.71. The summed E-state index contributed by atoms with van der Waals surface area (Å²) >= 11 is 0. The number of methoxy groups -OCH3 is 2. The predicted molar refractivity (Wildman–Crippen MR) is 86.8 cm³/mol. The van der Waals surface area contributed by atoms with Crippen LogP contribution < -0.4 is 10.1 Å². The third-order valence-electron chi connectivity index (χ3n) is 4.09. The third kappa shape index (κ3) is 4.77. The number of nitrogens with one attached hydrogen (secondary N) is 1. The maximum Gasteiger partial charge on any atom is 0.220 e. The molecule has 6 nitrogen and oxygen atoms in total. The molecule has 1 amide bonds. The summed E-state index contributed by atoms with van der Waals surface area (Å²) in [6, 6.07) is 6.89. The molecule has 0 spiro atoms. The Morgan fingerprint density at radius 2 is 1.87 bits per heavy atom. The van der Waals surface area contributed by atoms with Crippen LogP contribution in [0, 0.1) is 0 Å². The minimum absolute atomic E-state index is 0.00115. The zero-order valence-electron chi connectivity index (χ0n) is 13.9. The van der Waals surface area contributed by atoms with E-state index >= 15 is 0 Å². The number of likely N-dealkylation sites (tertiary alicyclic amines) is 1. The van der Waals surface area contributed by atoms with Crippen molar-refractivity contribution < 1.29 is 19.1 Å². The van der Waals surface area contributed by atoms with E-state index in [9.17, 15) is 9.59 Å². The topological polar surface area (TPSA) is 67.9 Å². The zero-order valence-corrected chi connectivity index (χ0v) is 13.9. The van der Waals surface area contributed by atoms with Crippen molar-refractivity contribution in [1.29, 1.82) is 0 Å². The van der Waals surface area contributed by atoms with E-state index in [2.05, 4.69) is 10.2 Å². The molecule has 1 aliphatic heterocycles. The molecule has 1 saturated heterocycles. The Morgan fingerprint density at radius 3 is 2.48 bits per heavy atom. The third-order valence-corrected chi connectivity index (χ3v) is 4.09. The molecule has 0 unspecified atom stereocenters. The van der Waals surface area contributed by atoms with Crippen LogP contribution >= 0.6 is 0 Å². The van der Waals surface area contributed by atoms with Gasteiger partial charge in [0.1, 0.15) is 5.75 Å². The van der Waals surface area contributed by atoms with E-state index in [1.54, 1.807) is 38.5 Å². The van der Waals surface area contributed by atoms with Crippen molar-refractivity contribution in [3.05, 3.63) is 29.8 Å². The van der Waals surface area contributed by atoms with Gasteiger partial charge in [0, 0.05) is 38.6 Å². The van der Waals surface area contributed by atoms with E-state index in [1.165, 1.54) is 0 Å². The van der Waals surface area contributed by atoms with E-state index < -0.39 is 0 Å². The molecule has 126 valence electrons. The SMILES string of the molecule is COc1ccc(C(=O)CCC(=O)N[C@H]2CN(C)C[C@@H]2OC)cc1. The highest BCUT2D eigenvalue weighted by molar-refractivity contribution is 5.98. The van der Waals surface area contributed by atoms with Gasteiger partial charge < -0.3 is 19.7 Å². The lowest BCUT2D eigenvalue weighted by Crippen LogP contribution is -2.43. The number of rotatable bonds is 7. The van der Waals surface area contributed by atoms with Crippen LogP contribution in [0.4, 0.5) is 0 Å². The highest BCUT2D eigenvalue weighted by Gasteiger charge is 2.31. The monoisotopic (exact) mass is 320 g/mol. The summed E-state index contributed by atoms with van der Waals surface area (Å²) in [4.78, 5) is 26.3. The second-order valence-corrected chi connectivity index (χ2v) is 5.82. The van der Waals surface area contributed by atoms with Gasteiger partial charge >= 0.3 is 0 Å². The second-order valence-electron chi connectivity index (χ2n) is 5.82. The molecular formula is C17H24N2O4. The molecule has 0 aliphatic carbocycles. The number of carbonyl (C=O) groups is 2. The highest BCUT2D eigenvalue weighted by Crippen LogP contribution is 2.14. The first-order valence-corrected chi connectivity index (χ1v) is 7.71. The van der Waals surface area contributed by atoms with Crippen LogP contribution in [0.2, 0.25) is 0 Å². The average Bonchev–Trinajstić information content (AvgIpc) is 2.92. The fourth-order valence-corrected chi connectivity index (χ4v) is 2.77. The number of hydrogen-bond acceptors (Lipinski definition) is 5. The number of likely N-dealkylation sites (N-methyl/N-ethyl adjacent to an activating group) is 1. The van der Waals surface area contributed by atoms with Gasteiger partial charge in [-0.05, 0) is 31.3 Å². The zero-order chi connectivity index (χ0) is 16.8. The van der Waals surface area contributed by atoms with Crippen LogP contribution in [0.1, 0.15) is 23.2 Å². The van der Waals surface area contributed by atoms with Gasteiger partial charge in [-0.15, -0.1) is 0 Å². The number of ether oxygens (including phenoxy) is 2. The number of carbonyl (C=O) groups excluding carboxylic acids is 2. The molecule has 1 aliphatic rings. The van der Waals surface area contributed by atoms with Crippen molar-refractivity contribution >= 4 is 11.7 Å². The Bertz CT molecular complexity index is 544. The lowest BCUT2D eigenvalue weighted by atomic mass is 10.1. The highest BCUT2D eigenvalue weighted by atomic mass is 16.5.